The van der Waals surface area contributed by atoms with E-state index in [4.69, 9.17) is 15.6 Å². The summed E-state index contributed by atoms with van der Waals surface area (Å²) in [6.45, 7) is 1.45. The first-order valence-electron chi connectivity index (χ1n) is 5.33. The van der Waals surface area contributed by atoms with Gasteiger partial charge in [-0.1, -0.05) is 6.92 Å². The van der Waals surface area contributed by atoms with Crippen LogP contribution in [0, 0.1) is 5.92 Å². The van der Waals surface area contributed by atoms with E-state index < -0.39 is 24.1 Å². The molecule has 7 heteroatoms. The second kappa shape index (κ2) is 4.44. The minimum Gasteiger partial charge on any atom is -0.394 e. The lowest BCUT2D eigenvalue weighted by atomic mass is 10.0. The first kappa shape index (κ1) is 12.0. The fraction of sp³-hybridized carbons (Fsp3) is 0.600. The molecule has 17 heavy (non-hydrogen) atoms. The summed E-state index contributed by atoms with van der Waals surface area (Å²) in [7, 11) is 0. The van der Waals surface area contributed by atoms with Crippen LogP contribution >= 0.6 is 0 Å². The Morgan fingerprint density at radius 1 is 1.65 bits per heavy atom. The Morgan fingerprint density at radius 3 is 2.88 bits per heavy atom. The molecule has 94 valence electrons. The number of nitrogens with two attached hydrogens (primary N) is 1. The lowest BCUT2D eigenvalue weighted by Gasteiger charge is -2.17. The number of ether oxygens (including phenoxy) is 1. The summed E-state index contributed by atoms with van der Waals surface area (Å²) in [5, 5.41) is 18.8. The standard InChI is InChI=1S/C10H15N3O4/c1-5-8(15)6(4-14)17-9(5)13-3-2-7(11)12-10(13)16/h2-3,5-6,8-9,14-15H,4H2,1H3,(H2,11,12,16)/t5?,6-,8-,9?/m1/s1. The maximum Gasteiger partial charge on any atom is 0.351 e. The van der Waals surface area contributed by atoms with Gasteiger partial charge in [0.1, 0.15) is 18.1 Å². The Labute approximate surface area is 97.5 Å². The van der Waals surface area contributed by atoms with Crippen molar-refractivity contribution in [2.24, 2.45) is 5.92 Å². The molecule has 4 N–H and O–H groups in total. The summed E-state index contributed by atoms with van der Waals surface area (Å²) in [5.41, 5.74) is 4.85. The maximum absolute atomic E-state index is 11.6. The lowest BCUT2D eigenvalue weighted by Crippen LogP contribution is -2.30. The van der Waals surface area contributed by atoms with Crippen molar-refractivity contribution in [3.8, 4) is 0 Å². The van der Waals surface area contributed by atoms with Gasteiger partial charge in [0.15, 0.2) is 0 Å². The molecular weight excluding hydrogens is 226 g/mol. The van der Waals surface area contributed by atoms with Crippen molar-refractivity contribution in [1.82, 2.24) is 9.55 Å². The van der Waals surface area contributed by atoms with Gasteiger partial charge in [-0.25, -0.2) is 4.79 Å². The van der Waals surface area contributed by atoms with Crippen LogP contribution in [0.1, 0.15) is 13.2 Å². The Bertz CT molecular complexity index is 461. The fourth-order valence-corrected chi connectivity index (χ4v) is 1.98. The van der Waals surface area contributed by atoms with Gasteiger partial charge in [0, 0.05) is 12.1 Å². The number of hydrogen-bond acceptors (Lipinski definition) is 6. The molecule has 2 heterocycles. The Morgan fingerprint density at radius 2 is 2.35 bits per heavy atom. The van der Waals surface area contributed by atoms with Crippen molar-refractivity contribution in [2.45, 2.75) is 25.4 Å². The summed E-state index contributed by atoms with van der Waals surface area (Å²) in [5.74, 6) is -0.175. The molecule has 0 aromatic carbocycles. The monoisotopic (exact) mass is 241 g/mol. The number of aliphatic hydroxyl groups is 2. The minimum absolute atomic E-state index is 0.135. The predicted octanol–water partition coefficient (Wildman–Crippen LogP) is -1.29. The predicted molar refractivity (Wildman–Crippen MR) is 59.1 cm³/mol. The topological polar surface area (TPSA) is 111 Å². The molecule has 0 bridgehead atoms. The molecule has 0 spiro atoms. The molecular formula is C10H15N3O4. The first-order chi connectivity index (χ1) is 8.04. The van der Waals surface area contributed by atoms with Crippen LogP contribution < -0.4 is 11.4 Å². The highest BCUT2D eigenvalue weighted by Crippen LogP contribution is 2.33. The van der Waals surface area contributed by atoms with Gasteiger partial charge in [-0.3, -0.25) is 4.57 Å². The third kappa shape index (κ3) is 2.04. The minimum atomic E-state index is -0.811. The summed E-state index contributed by atoms with van der Waals surface area (Å²) in [6.07, 6.45) is -0.658. The number of anilines is 1. The summed E-state index contributed by atoms with van der Waals surface area (Å²) in [4.78, 5) is 15.2. The summed E-state index contributed by atoms with van der Waals surface area (Å²) >= 11 is 0. The smallest absolute Gasteiger partial charge is 0.351 e. The summed E-state index contributed by atoms with van der Waals surface area (Å²) < 4.78 is 6.69. The molecule has 1 aromatic heterocycles. The van der Waals surface area contributed by atoms with Gasteiger partial charge in [0.05, 0.1) is 12.7 Å². The zero-order valence-electron chi connectivity index (χ0n) is 9.35. The van der Waals surface area contributed by atoms with E-state index in [1.165, 1.54) is 16.8 Å². The van der Waals surface area contributed by atoms with Crippen molar-refractivity contribution >= 4 is 5.82 Å². The van der Waals surface area contributed by atoms with E-state index >= 15 is 0 Å². The first-order valence-corrected chi connectivity index (χ1v) is 5.33. The van der Waals surface area contributed by atoms with E-state index in [9.17, 15) is 9.90 Å². The van der Waals surface area contributed by atoms with Crippen LogP contribution in [0.4, 0.5) is 5.82 Å². The van der Waals surface area contributed by atoms with Gasteiger partial charge < -0.3 is 20.7 Å². The van der Waals surface area contributed by atoms with Crippen LogP contribution in [0.25, 0.3) is 0 Å². The quantitative estimate of drug-likeness (QED) is 0.594. The van der Waals surface area contributed by atoms with E-state index in [0.717, 1.165) is 0 Å². The summed E-state index contributed by atoms with van der Waals surface area (Å²) in [6, 6.07) is 1.48. The second-order valence-corrected chi connectivity index (χ2v) is 4.14. The van der Waals surface area contributed by atoms with Gasteiger partial charge in [-0.15, -0.1) is 0 Å². The van der Waals surface area contributed by atoms with Crippen LogP contribution in [0.5, 0.6) is 0 Å². The molecule has 2 rings (SSSR count). The molecule has 4 atom stereocenters. The average molecular weight is 241 g/mol. The molecule has 1 aliphatic rings. The van der Waals surface area contributed by atoms with Crippen LogP contribution in [-0.2, 0) is 4.74 Å². The second-order valence-electron chi connectivity index (χ2n) is 4.14. The van der Waals surface area contributed by atoms with Gasteiger partial charge in [-0.05, 0) is 6.07 Å². The molecule has 1 aromatic rings. The van der Waals surface area contributed by atoms with Crippen molar-refractivity contribution in [2.75, 3.05) is 12.3 Å². The third-order valence-corrected chi connectivity index (χ3v) is 2.99. The van der Waals surface area contributed by atoms with Crippen molar-refractivity contribution in [3.63, 3.8) is 0 Å². The van der Waals surface area contributed by atoms with Gasteiger partial charge >= 0.3 is 5.69 Å². The fourth-order valence-electron chi connectivity index (χ4n) is 1.98. The Kier molecular flexibility index (Phi) is 3.14. The molecule has 0 aliphatic carbocycles. The van der Waals surface area contributed by atoms with Crippen LogP contribution in [0.15, 0.2) is 17.1 Å². The van der Waals surface area contributed by atoms with E-state index in [2.05, 4.69) is 4.98 Å². The van der Waals surface area contributed by atoms with Crippen LogP contribution in [0.3, 0.4) is 0 Å². The van der Waals surface area contributed by atoms with Crippen molar-refractivity contribution < 1.29 is 14.9 Å². The zero-order valence-corrected chi connectivity index (χ0v) is 9.35. The molecule has 2 unspecified atom stereocenters. The molecule has 1 saturated heterocycles. The largest absolute Gasteiger partial charge is 0.394 e. The van der Waals surface area contributed by atoms with Crippen molar-refractivity contribution in [1.29, 1.82) is 0 Å². The molecule has 1 aliphatic heterocycles. The SMILES string of the molecule is CC1C(n2ccc(N)nc2=O)O[C@H](CO)[C@@H]1O. The molecule has 0 saturated carbocycles. The molecule has 0 amide bonds. The van der Waals surface area contributed by atoms with E-state index in [1.54, 1.807) is 6.92 Å². The van der Waals surface area contributed by atoms with Gasteiger partial charge in [-0.2, -0.15) is 4.98 Å². The number of aliphatic hydroxyl groups excluding tert-OH is 2. The van der Waals surface area contributed by atoms with E-state index in [0.29, 0.717) is 0 Å². The highest BCUT2D eigenvalue weighted by molar-refractivity contribution is 5.23. The maximum atomic E-state index is 11.6. The van der Waals surface area contributed by atoms with Gasteiger partial charge in [0.25, 0.3) is 0 Å². The number of nitrogens with zero attached hydrogens (tertiary/aromatic N) is 2. The number of hydrogen-bond donors (Lipinski definition) is 3. The number of rotatable bonds is 2. The van der Waals surface area contributed by atoms with E-state index in [1.807, 2.05) is 0 Å². The molecule has 7 nitrogen and oxygen atoms in total. The number of nitrogen functional groups attached to an aromatic ring is 1. The highest BCUT2D eigenvalue weighted by atomic mass is 16.5. The normalized spacial score (nSPS) is 32.9. The van der Waals surface area contributed by atoms with Crippen molar-refractivity contribution in [3.05, 3.63) is 22.7 Å². The van der Waals surface area contributed by atoms with Crippen LogP contribution in [0.2, 0.25) is 0 Å². The average Bonchev–Trinajstić information content (AvgIpc) is 2.57. The number of aromatic nitrogens is 2. The Hall–Kier alpha value is -1.44. The van der Waals surface area contributed by atoms with Gasteiger partial charge in [0.2, 0.25) is 0 Å². The highest BCUT2D eigenvalue weighted by Gasteiger charge is 2.41. The van der Waals surface area contributed by atoms with Crippen LogP contribution in [-0.4, -0.2) is 38.6 Å². The van der Waals surface area contributed by atoms with E-state index in [-0.39, 0.29) is 18.3 Å². The lowest BCUT2D eigenvalue weighted by molar-refractivity contribution is -0.0476. The zero-order chi connectivity index (χ0) is 12.6. The Balaban J connectivity index is 2.32. The molecule has 0 radical (unpaired) electrons. The molecule has 1 fully saturated rings. The third-order valence-electron chi connectivity index (χ3n) is 2.99.